The SMILES string of the molecule is CCN(CC)c1ccc(NC(=S)NC(=O)c2ccc(C(C)C)cc2)c(C)c1. The first-order valence-electron chi connectivity index (χ1n) is 9.43. The van der Waals surface area contributed by atoms with Crippen LogP contribution in [0, 0.1) is 6.92 Å². The van der Waals surface area contributed by atoms with E-state index in [1.54, 1.807) is 0 Å². The van der Waals surface area contributed by atoms with Crippen LogP contribution in [-0.4, -0.2) is 24.1 Å². The van der Waals surface area contributed by atoms with E-state index in [0.717, 1.165) is 24.3 Å². The summed E-state index contributed by atoms with van der Waals surface area (Å²) in [6.07, 6.45) is 0. The van der Waals surface area contributed by atoms with Crippen molar-refractivity contribution in [1.29, 1.82) is 0 Å². The molecule has 0 fully saturated rings. The Labute approximate surface area is 168 Å². The van der Waals surface area contributed by atoms with E-state index >= 15 is 0 Å². The van der Waals surface area contributed by atoms with E-state index in [1.165, 1.54) is 11.3 Å². The summed E-state index contributed by atoms with van der Waals surface area (Å²) < 4.78 is 0. The molecule has 27 heavy (non-hydrogen) atoms. The monoisotopic (exact) mass is 383 g/mol. The molecule has 2 aromatic carbocycles. The second kappa shape index (κ2) is 9.51. The molecule has 2 N–H and O–H groups in total. The summed E-state index contributed by atoms with van der Waals surface area (Å²) in [5.41, 5.74) is 4.96. The van der Waals surface area contributed by atoms with Gasteiger partial charge in [-0.15, -0.1) is 0 Å². The number of carbonyl (C=O) groups excluding carboxylic acids is 1. The van der Waals surface area contributed by atoms with Crippen LogP contribution in [0.5, 0.6) is 0 Å². The van der Waals surface area contributed by atoms with Gasteiger partial charge in [0.15, 0.2) is 5.11 Å². The van der Waals surface area contributed by atoms with Gasteiger partial charge in [-0.2, -0.15) is 0 Å². The lowest BCUT2D eigenvalue weighted by atomic mass is 10.0. The van der Waals surface area contributed by atoms with Gasteiger partial charge in [0, 0.05) is 30.0 Å². The standard InChI is InChI=1S/C22H29N3OS/c1-6-25(7-2)19-12-13-20(16(5)14-19)23-22(27)24-21(26)18-10-8-17(9-11-18)15(3)4/h8-15H,6-7H2,1-5H3,(H2,23,24,26,27). The number of carbonyl (C=O) groups is 1. The third kappa shape index (κ3) is 5.54. The molecule has 0 unspecified atom stereocenters. The largest absolute Gasteiger partial charge is 0.372 e. The number of benzene rings is 2. The molecular formula is C22H29N3OS. The highest BCUT2D eigenvalue weighted by molar-refractivity contribution is 7.80. The lowest BCUT2D eigenvalue weighted by molar-refractivity contribution is 0.0977. The zero-order valence-corrected chi connectivity index (χ0v) is 17.6. The van der Waals surface area contributed by atoms with Crippen LogP contribution in [0.25, 0.3) is 0 Å². The Kier molecular flexibility index (Phi) is 7.36. The summed E-state index contributed by atoms with van der Waals surface area (Å²) in [5, 5.41) is 6.17. The number of aryl methyl sites for hydroxylation is 1. The highest BCUT2D eigenvalue weighted by Crippen LogP contribution is 2.22. The van der Waals surface area contributed by atoms with Crippen molar-refractivity contribution in [2.75, 3.05) is 23.3 Å². The minimum Gasteiger partial charge on any atom is -0.372 e. The molecule has 0 bridgehead atoms. The summed E-state index contributed by atoms with van der Waals surface area (Å²) in [5.74, 6) is 0.229. The third-order valence-corrected chi connectivity index (χ3v) is 4.86. The Morgan fingerprint density at radius 2 is 1.70 bits per heavy atom. The number of hydrogen-bond donors (Lipinski definition) is 2. The average molecular weight is 384 g/mol. The second-order valence-electron chi connectivity index (χ2n) is 6.86. The van der Waals surface area contributed by atoms with Gasteiger partial charge in [0.2, 0.25) is 0 Å². The molecule has 0 spiro atoms. The van der Waals surface area contributed by atoms with Crippen LogP contribution < -0.4 is 15.5 Å². The molecule has 0 aromatic heterocycles. The van der Waals surface area contributed by atoms with E-state index < -0.39 is 0 Å². The Morgan fingerprint density at radius 1 is 1.07 bits per heavy atom. The fourth-order valence-corrected chi connectivity index (χ4v) is 3.12. The molecule has 0 heterocycles. The zero-order valence-electron chi connectivity index (χ0n) is 16.8. The van der Waals surface area contributed by atoms with E-state index in [9.17, 15) is 4.79 Å². The Bertz CT molecular complexity index is 796. The molecule has 2 rings (SSSR count). The minimum atomic E-state index is -0.208. The summed E-state index contributed by atoms with van der Waals surface area (Å²) in [6.45, 7) is 12.5. The molecule has 1 amide bonds. The molecular weight excluding hydrogens is 354 g/mol. The Balaban J connectivity index is 2.01. The minimum absolute atomic E-state index is 0.208. The van der Waals surface area contributed by atoms with Crippen molar-refractivity contribution in [2.45, 2.75) is 40.5 Å². The number of nitrogens with one attached hydrogen (secondary N) is 2. The first kappa shape index (κ1) is 20.9. The van der Waals surface area contributed by atoms with Crippen LogP contribution in [0.3, 0.4) is 0 Å². The number of thiocarbonyl (C=S) groups is 1. The first-order chi connectivity index (χ1) is 12.8. The first-order valence-corrected chi connectivity index (χ1v) is 9.84. The molecule has 2 aromatic rings. The van der Waals surface area contributed by atoms with Crippen LogP contribution in [0.15, 0.2) is 42.5 Å². The van der Waals surface area contributed by atoms with Crippen LogP contribution in [0.4, 0.5) is 11.4 Å². The predicted molar refractivity (Wildman–Crippen MR) is 119 cm³/mol. The number of rotatable bonds is 6. The Morgan fingerprint density at radius 3 is 2.22 bits per heavy atom. The van der Waals surface area contributed by atoms with Crippen molar-refractivity contribution in [3.63, 3.8) is 0 Å². The third-order valence-electron chi connectivity index (χ3n) is 4.65. The molecule has 4 nitrogen and oxygen atoms in total. The van der Waals surface area contributed by atoms with E-state index in [4.69, 9.17) is 12.2 Å². The molecule has 0 aliphatic carbocycles. The maximum Gasteiger partial charge on any atom is 0.257 e. The van der Waals surface area contributed by atoms with Gasteiger partial charge < -0.3 is 10.2 Å². The summed E-state index contributed by atoms with van der Waals surface area (Å²) in [7, 11) is 0. The number of hydrogen-bond acceptors (Lipinski definition) is 3. The van der Waals surface area contributed by atoms with Crippen LogP contribution >= 0.6 is 12.2 Å². The molecule has 0 radical (unpaired) electrons. The van der Waals surface area contributed by atoms with E-state index in [1.807, 2.05) is 37.3 Å². The number of anilines is 2. The maximum atomic E-state index is 12.4. The second-order valence-corrected chi connectivity index (χ2v) is 7.26. The maximum absolute atomic E-state index is 12.4. The van der Waals surface area contributed by atoms with Gasteiger partial charge in [-0.3, -0.25) is 10.1 Å². The molecule has 5 heteroatoms. The quantitative estimate of drug-likeness (QED) is 0.682. The van der Waals surface area contributed by atoms with Crippen molar-refractivity contribution in [1.82, 2.24) is 5.32 Å². The van der Waals surface area contributed by atoms with Crippen molar-refractivity contribution in [2.24, 2.45) is 0 Å². The number of amides is 1. The van der Waals surface area contributed by atoms with E-state index in [2.05, 4.69) is 55.4 Å². The fourth-order valence-electron chi connectivity index (χ4n) is 2.92. The highest BCUT2D eigenvalue weighted by atomic mass is 32.1. The van der Waals surface area contributed by atoms with Crippen molar-refractivity contribution in [3.8, 4) is 0 Å². The molecule has 0 aliphatic rings. The van der Waals surface area contributed by atoms with E-state index in [0.29, 0.717) is 16.6 Å². The van der Waals surface area contributed by atoms with Crippen molar-refractivity contribution >= 4 is 34.6 Å². The van der Waals surface area contributed by atoms with Gasteiger partial charge >= 0.3 is 0 Å². The topological polar surface area (TPSA) is 44.4 Å². The van der Waals surface area contributed by atoms with Crippen molar-refractivity contribution in [3.05, 3.63) is 59.2 Å². The fraction of sp³-hybridized carbons (Fsp3) is 0.364. The van der Waals surface area contributed by atoms with Gasteiger partial charge in [-0.1, -0.05) is 26.0 Å². The molecule has 0 aliphatic heterocycles. The number of nitrogens with zero attached hydrogens (tertiary/aromatic N) is 1. The molecule has 0 atom stereocenters. The van der Waals surface area contributed by atoms with E-state index in [-0.39, 0.29) is 5.91 Å². The predicted octanol–water partition coefficient (Wildman–Crippen LogP) is 5.09. The van der Waals surface area contributed by atoms with Gasteiger partial charge in [0.1, 0.15) is 0 Å². The Hall–Kier alpha value is -2.40. The summed E-state index contributed by atoms with van der Waals surface area (Å²) >= 11 is 5.32. The van der Waals surface area contributed by atoms with Gasteiger partial charge in [-0.05, 0) is 80.4 Å². The molecule has 0 saturated carbocycles. The molecule has 0 saturated heterocycles. The summed E-state index contributed by atoms with van der Waals surface area (Å²) in [4.78, 5) is 14.7. The van der Waals surface area contributed by atoms with Crippen LogP contribution in [0.2, 0.25) is 0 Å². The van der Waals surface area contributed by atoms with Crippen LogP contribution in [-0.2, 0) is 0 Å². The van der Waals surface area contributed by atoms with Crippen molar-refractivity contribution < 1.29 is 4.79 Å². The average Bonchev–Trinajstić information content (AvgIpc) is 2.64. The molecule has 144 valence electrons. The lowest BCUT2D eigenvalue weighted by Gasteiger charge is -2.22. The van der Waals surface area contributed by atoms with Gasteiger partial charge in [0.05, 0.1) is 0 Å². The van der Waals surface area contributed by atoms with Crippen LogP contribution in [0.1, 0.15) is 55.1 Å². The zero-order chi connectivity index (χ0) is 20.0. The van der Waals surface area contributed by atoms with Gasteiger partial charge in [-0.25, -0.2) is 0 Å². The smallest absolute Gasteiger partial charge is 0.257 e. The normalized spacial score (nSPS) is 10.6. The highest BCUT2D eigenvalue weighted by Gasteiger charge is 2.10. The van der Waals surface area contributed by atoms with Gasteiger partial charge in [0.25, 0.3) is 5.91 Å². The summed E-state index contributed by atoms with van der Waals surface area (Å²) in [6, 6.07) is 13.8. The lowest BCUT2D eigenvalue weighted by Crippen LogP contribution is -2.34.